The number of aromatic amines is 1. The average molecular weight is 895 g/mol. The molecular formula is C46H51N6O9PS. The van der Waals surface area contributed by atoms with Crippen molar-refractivity contribution in [3.63, 3.8) is 0 Å². The van der Waals surface area contributed by atoms with Crippen LogP contribution in [0, 0.1) is 0 Å². The molecule has 0 aliphatic carbocycles. The summed E-state index contributed by atoms with van der Waals surface area (Å²) in [6, 6.07) is 33.9. The molecule has 2 N–H and O–H groups in total. The molecule has 0 radical (unpaired) electrons. The molecule has 4 aromatic carbocycles. The summed E-state index contributed by atoms with van der Waals surface area (Å²) in [4.78, 5) is 26.0. The van der Waals surface area contributed by atoms with Crippen LogP contribution in [0.3, 0.4) is 0 Å². The summed E-state index contributed by atoms with van der Waals surface area (Å²) in [5, 5.41) is 3.30. The summed E-state index contributed by atoms with van der Waals surface area (Å²) < 4.78 is 70.0. The highest BCUT2D eigenvalue weighted by molar-refractivity contribution is 7.91. The lowest BCUT2D eigenvalue weighted by Crippen LogP contribution is -2.38. The lowest BCUT2D eigenvalue weighted by molar-refractivity contribution is -0.0911. The summed E-state index contributed by atoms with van der Waals surface area (Å²) in [5.74, 6) is 1.72. The molecular weight excluding hydrogens is 844 g/mol. The van der Waals surface area contributed by atoms with Crippen LogP contribution in [0.2, 0.25) is 0 Å². The Hall–Kier alpha value is -5.19. The van der Waals surface area contributed by atoms with E-state index in [1.54, 1.807) is 44.6 Å². The van der Waals surface area contributed by atoms with E-state index in [4.69, 9.17) is 28.0 Å². The molecule has 330 valence electrons. The van der Waals surface area contributed by atoms with Gasteiger partial charge in [0, 0.05) is 25.0 Å². The number of rotatable bonds is 16. The van der Waals surface area contributed by atoms with Gasteiger partial charge in [0.05, 0.1) is 43.7 Å². The number of nitrogens with one attached hydrogen (secondary N) is 2. The fourth-order valence-electron chi connectivity index (χ4n) is 8.88. The molecule has 6 aromatic rings. The molecule has 9 rings (SSSR count). The highest BCUT2D eigenvalue weighted by atomic mass is 32.2. The van der Waals surface area contributed by atoms with Crippen LogP contribution in [-0.2, 0) is 34.0 Å². The van der Waals surface area contributed by atoms with Gasteiger partial charge in [0.2, 0.25) is 0 Å². The molecule has 17 heteroatoms. The van der Waals surface area contributed by atoms with Gasteiger partial charge in [-0.25, -0.2) is 32.4 Å². The molecule has 3 aliphatic heterocycles. The van der Waals surface area contributed by atoms with Gasteiger partial charge >= 0.3 is 5.69 Å². The Bertz CT molecular complexity index is 2620. The zero-order valence-corrected chi connectivity index (χ0v) is 37.2. The van der Waals surface area contributed by atoms with Crippen molar-refractivity contribution in [1.29, 1.82) is 0 Å². The summed E-state index contributed by atoms with van der Waals surface area (Å²) >= 11 is 0. The number of sulfone groups is 1. The van der Waals surface area contributed by atoms with Gasteiger partial charge in [-0.15, -0.1) is 0 Å². The summed E-state index contributed by atoms with van der Waals surface area (Å²) in [6.07, 6.45) is 0.538. The largest absolute Gasteiger partial charge is 0.497 e. The maximum Gasteiger partial charge on any atom is 0.329 e. The smallest absolute Gasteiger partial charge is 0.329 e. The average Bonchev–Trinajstić information content (AvgIpc) is 4.09. The van der Waals surface area contributed by atoms with Crippen molar-refractivity contribution in [3.05, 3.63) is 143 Å². The van der Waals surface area contributed by atoms with Crippen LogP contribution >= 0.6 is 8.53 Å². The van der Waals surface area contributed by atoms with Crippen LogP contribution in [0.4, 0.5) is 5.82 Å². The molecule has 0 spiro atoms. The second-order valence-electron chi connectivity index (χ2n) is 16.2. The fourth-order valence-corrected chi connectivity index (χ4v) is 12.5. The summed E-state index contributed by atoms with van der Waals surface area (Å²) in [6.45, 7) is 4.69. The van der Waals surface area contributed by atoms with E-state index in [2.05, 4.69) is 24.9 Å². The highest BCUT2D eigenvalue weighted by Gasteiger charge is 2.51. The monoisotopic (exact) mass is 894 g/mol. The van der Waals surface area contributed by atoms with Gasteiger partial charge in [0.1, 0.15) is 41.3 Å². The van der Waals surface area contributed by atoms with E-state index in [9.17, 15) is 13.2 Å². The first kappa shape index (κ1) is 43.1. The number of ether oxygens (including phenoxy) is 4. The van der Waals surface area contributed by atoms with E-state index in [1.165, 1.54) is 10.9 Å². The fraction of sp³-hybridized carbons (Fsp3) is 0.370. The van der Waals surface area contributed by atoms with Gasteiger partial charge in [-0.2, -0.15) is 0 Å². The maximum atomic E-state index is 13.9. The standard InChI is InChI=1S/C46H51N6O9PS/c1-30(2)49-43-42-44(48-29-47-43)52(45(53)50-42)41-26-38(60-62-51-25-11-16-37(51)40(61-62)28-63(54,55)36-14-9-6-10-15-36)39(59-41)27-58-46(31-12-7-5-8-13-31,32-17-21-34(56-3)22-18-32)33-19-23-35(57-4)24-20-33/h5-10,12-15,17-24,29-30,37-41H,11,16,25-28H2,1-4H3,(H,50,53)(H,47,48,49)/t37-,38-,39+,40+,41+,62-/m0/s1. The predicted molar refractivity (Wildman–Crippen MR) is 239 cm³/mol. The van der Waals surface area contributed by atoms with Gasteiger partial charge < -0.3 is 38.3 Å². The zero-order valence-electron chi connectivity index (χ0n) is 35.5. The lowest BCUT2D eigenvalue weighted by atomic mass is 9.80. The number of fused-ring (bicyclic) bond motifs is 2. The molecule has 63 heavy (non-hydrogen) atoms. The van der Waals surface area contributed by atoms with Gasteiger partial charge in [0.25, 0.3) is 8.53 Å². The minimum absolute atomic E-state index is 0.0127. The van der Waals surface area contributed by atoms with Gasteiger partial charge in [-0.3, -0.25) is 0 Å². The Morgan fingerprint density at radius 3 is 2.14 bits per heavy atom. The van der Waals surface area contributed by atoms with Crippen LogP contribution in [0.25, 0.3) is 11.2 Å². The second kappa shape index (κ2) is 18.1. The Morgan fingerprint density at radius 1 is 0.873 bits per heavy atom. The molecule has 0 amide bonds. The molecule has 0 bridgehead atoms. The molecule has 0 saturated carbocycles. The van der Waals surface area contributed by atoms with Crippen molar-refractivity contribution in [3.8, 4) is 11.5 Å². The highest BCUT2D eigenvalue weighted by Crippen LogP contribution is 2.58. The van der Waals surface area contributed by atoms with Crippen molar-refractivity contribution >= 4 is 35.3 Å². The van der Waals surface area contributed by atoms with Gasteiger partial charge in [0.15, 0.2) is 21.3 Å². The van der Waals surface area contributed by atoms with Crippen molar-refractivity contribution < 1.29 is 36.4 Å². The van der Waals surface area contributed by atoms with Crippen LogP contribution < -0.4 is 20.5 Å². The Balaban J connectivity index is 1.09. The number of H-pyrrole nitrogens is 1. The normalized spacial score (nSPS) is 22.7. The minimum Gasteiger partial charge on any atom is -0.497 e. The minimum atomic E-state index is -3.65. The van der Waals surface area contributed by atoms with Crippen LogP contribution in [-0.4, -0.2) is 96.1 Å². The first-order valence-electron chi connectivity index (χ1n) is 21.1. The Labute approximate surface area is 367 Å². The van der Waals surface area contributed by atoms with Crippen molar-refractivity contribution in [1.82, 2.24) is 24.2 Å². The lowest BCUT2D eigenvalue weighted by Gasteiger charge is -2.37. The third-order valence-corrected chi connectivity index (χ3v) is 15.5. The van der Waals surface area contributed by atoms with E-state index < -0.39 is 54.2 Å². The zero-order chi connectivity index (χ0) is 43.7. The maximum absolute atomic E-state index is 13.9. The van der Waals surface area contributed by atoms with Crippen LogP contribution in [0.5, 0.6) is 11.5 Å². The number of nitrogens with zero attached hydrogens (tertiary/aromatic N) is 4. The molecule has 15 nitrogen and oxygen atoms in total. The van der Waals surface area contributed by atoms with Gasteiger partial charge in [-0.05, 0) is 79.8 Å². The van der Waals surface area contributed by atoms with E-state index in [0.29, 0.717) is 35.0 Å². The van der Waals surface area contributed by atoms with Crippen molar-refractivity contribution in [2.24, 2.45) is 0 Å². The molecule has 5 heterocycles. The van der Waals surface area contributed by atoms with Crippen molar-refractivity contribution in [2.75, 3.05) is 38.4 Å². The SMILES string of the molecule is COc1ccc(C(OC[C@H]2O[C@@H](n3c(=O)[nH]c4c(NC(C)C)ncnc43)C[C@@H]2O[P@@]2O[C@H](CS(=O)(=O)c3ccccc3)[C@@H]3CCCN32)(c2ccccc2)c2ccc(OC)cc2)cc1. The Morgan fingerprint density at radius 2 is 1.51 bits per heavy atom. The topological polar surface area (TPSA) is 168 Å². The number of aromatic nitrogens is 4. The number of hydrogen-bond donors (Lipinski definition) is 2. The van der Waals surface area contributed by atoms with E-state index in [1.807, 2.05) is 92.7 Å². The first-order chi connectivity index (χ1) is 30.6. The molecule has 2 aromatic heterocycles. The van der Waals surface area contributed by atoms with Crippen molar-refractivity contribution in [2.45, 2.75) is 80.2 Å². The molecule has 6 atom stereocenters. The van der Waals surface area contributed by atoms with Crippen LogP contribution in [0.15, 0.2) is 125 Å². The first-order valence-corrected chi connectivity index (χ1v) is 23.9. The second-order valence-corrected chi connectivity index (χ2v) is 19.6. The third kappa shape index (κ3) is 8.49. The van der Waals surface area contributed by atoms with E-state index >= 15 is 0 Å². The number of benzene rings is 4. The van der Waals surface area contributed by atoms with E-state index in [0.717, 1.165) is 29.5 Å². The number of imidazole rings is 1. The van der Waals surface area contributed by atoms with Crippen LogP contribution in [0.1, 0.15) is 56.0 Å². The molecule has 3 saturated heterocycles. The summed E-state index contributed by atoms with van der Waals surface area (Å²) in [5.41, 5.74) is 1.82. The Kier molecular flexibility index (Phi) is 12.4. The number of methoxy groups -OCH3 is 2. The van der Waals surface area contributed by atoms with Gasteiger partial charge in [-0.1, -0.05) is 72.8 Å². The van der Waals surface area contributed by atoms with E-state index in [-0.39, 0.29) is 35.8 Å². The molecule has 3 aliphatic rings. The third-order valence-electron chi connectivity index (χ3n) is 11.9. The molecule has 0 unspecified atom stereocenters. The predicted octanol–water partition coefficient (Wildman–Crippen LogP) is 7.20. The number of hydrogen-bond acceptors (Lipinski definition) is 13. The quantitative estimate of drug-likeness (QED) is 0.0740. The number of anilines is 1. The summed E-state index contributed by atoms with van der Waals surface area (Å²) in [7, 11) is -2.11. The molecule has 3 fully saturated rings.